The van der Waals surface area contributed by atoms with Gasteiger partial charge >= 0.3 is 0 Å². The van der Waals surface area contributed by atoms with E-state index in [0.717, 1.165) is 9.75 Å². The minimum absolute atomic E-state index is 0.130. The fourth-order valence-electron chi connectivity index (χ4n) is 1.75. The highest BCUT2D eigenvalue weighted by molar-refractivity contribution is 7.89. The molecule has 0 aliphatic carbocycles. The molecule has 0 radical (unpaired) electrons. The first kappa shape index (κ1) is 15.3. The van der Waals surface area contributed by atoms with E-state index in [1.165, 1.54) is 12.1 Å². The molecule has 0 aliphatic heterocycles. The van der Waals surface area contributed by atoms with E-state index in [4.69, 9.17) is 17.3 Å². The lowest BCUT2D eigenvalue weighted by Crippen LogP contribution is -2.23. The highest BCUT2D eigenvalue weighted by Crippen LogP contribution is 2.27. The smallest absolute Gasteiger partial charge is 0.240 e. The predicted molar refractivity (Wildman–Crippen MR) is 83.7 cm³/mol. The van der Waals surface area contributed by atoms with Crippen molar-refractivity contribution in [2.24, 2.45) is 0 Å². The van der Waals surface area contributed by atoms with Crippen molar-refractivity contribution in [1.82, 2.24) is 4.72 Å². The van der Waals surface area contributed by atoms with Gasteiger partial charge in [0.15, 0.2) is 0 Å². The highest BCUT2D eigenvalue weighted by Gasteiger charge is 2.16. The minimum atomic E-state index is -3.59. The van der Waals surface area contributed by atoms with E-state index in [1.54, 1.807) is 18.3 Å². The Morgan fingerprint density at radius 1 is 1.30 bits per heavy atom. The maximum Gasteiger partial charge on any atom is 0.240 e. The van der Waals surface area contributed by atoms with Gasteiger partial charge in [0.1, 0.15) is 0 Å². The fraction of sp³-hybridized carbons (Fsp3) is 0.231. The number of halogens is 1. The molecule has 0 spiro atoms. The van der Waals surface area contributed by atoms with Gasteiger partial charge in [0.05, 0.1) is 15.6 Å². The van der Waals surface area contributed by atoms with Crippen molar-refractivity contribution in [2.45, 2.75) is 25.3 Å². The molecule has 4 nitrogen and oxygen atoms in total. The lowest BCUT2D eigenvalue weighted by Gasteiger charge is -2.09. The monoisotopic (exact) mass is 330 g/mol. The number of hydrogen-bond acceptors (Lipinski definition) is 4. The van der Waals surface area contributed by atoms with E-state index in [0.29, 0.717) is 10.6 Å². The third-order valence-electron chi connectivity index (χ3n) is 2.80. The number of rotatable bonds is 4. The Labute approximate surface area is 127 Å². The van der Waals surface area contributed by atoms with Gasteiger partial charge in [0.2, 0.25) is 10.0 Å². The summed E-state index contributed by atoms with van der Waals surface area (Å²) in [6.45, 7) is 3.97. The number of sulfonamides is 1. The molecule has 0 saturated heterocycles. The fourth-order valence-corrected chi connectivity index (χ4v) is 3.90. The molecular formula is C13H15ClN2O2S2. The molecule has 20 heavy (non-hydrogen) atoms. The quantitative estimate of drug-likeness (QED) is 0.846. The molecule has 0 fully saturated rings. The zero-order valence-electron chi connectivity index (χ0n) is 11.1. The number of nitrogens with one attached hydrogen (secondary N) is 1. The van der Waals surface area contributed by atoms with Gasteiger partial charge in [0, 0.05) is 16.3 Å². The number of hydrogen-bond donors (Lipinski definition) is 2. The van der Waals surface area contributed by atoms with Crippen LogP contribution in [-0.2, 0) is 16.6 Å². The van der Waals surface area contributed by atoms with Crippen molar-refractivity contribution in [3.63, 3.8) is 0 Å². The van der Waals surface area contributed by atoms with Gasteiger partial charge in [0.25, 0.3) is 0 Å². The van der Waals surface area contributed by atoms with Crippen LogP contribution in [0.25, 0.3) is 0 Å². The predicted octanol–water partition coefficient (Wildman–Crippen LogP) is 3.08. The SMILES string of the molecule is Cc1ccc(CNS(=O)(=O)c2cc(C)c(Cl)c(N)c2)s1. The molecule has 0 bridgehead atoms. The van der Waals surface area contributed by atoms with Crippen LogP contribution in [0.1, 0.15) is 15.3 Å². The van der Waals surface area contributed by atoms with Crippen LogP contribution in [0.2, 0.25) is 5.02 Å². The number of benzene rings is 1. The summed E-state index contributed by atoms with van der Waals surface area (Å²) in [6, 6.07) is 6.75. The molecule has 2 aromatic rings. The van der Waals surface area contributed by atoms with Crippen LogP contribution in [0, 0.1) is 13.8 Å². The molecule has 7 heteroatoms. The summed E-state index contributed by atoms with van der Waals surface area (Å²) in [5.74, 6) is 0. The summed E-state index contributed by atoms with van der Waals surface area (Å²) in [4.78, 5) is 2.24. The van der Waals surface area contributed by atoms with E-state index in [-0.39, 0.29) is 17.1 Å². The van der Waals surface area contributed by atoms with Crippen LogP contribution < -0.4 is 10.5 Å². The van der Waals surface area contributed by atoms with Crippen LogP contribution in [0.4, 0.5) is 5.69 Å². The van der Waals surface area contributed by atoms with E-state index in [1.807, 2.05) is 19.1 Å². The molecular weight excluding hydrogens is 316 g/mol. The molecule has 1 heterocycles. The minimum Gasteiger partial charge on any atom is -0.397 e. The molecule has 1 aromatic heterocycles. The Bertz CT molecular complexity index is 716. The molecule has 1 aromatic carbocycles. The normalized spacial score (nSPS) is 11.8. The Kier molecular flexibility index (Phi) is 4.39. The van der Waals surface area contributed by atoms with Crippen molar-refractivity contribution in [1.29, 1.82) is 0 Å². The van der Waals surface area contributed by atoms with Crippen LogP contribution >= 0.6 is 22.9 Å². The zero-order valence-corrected chi connectivity index (χ0v) is 13.5. The third-order valence-corrected chi connectivity index (χ3v) is 5.70. The highest BCUT2D eigenvalue weighted by atomic mass is 35.5. The first-order chi connectivity index (χ1) is 9.29. The van der Waals surface area contributed by atoms with Gasteiger partial charge in [-0.25, -0.2) is 13.1 Å². The molecule has 2 rings (SSSR count). The average Bonchev–Trinajstić information content (AvgIpc) is 2.79. The molecule has 0 saturated carbocycles. The number of aryl methyl sites for hydroxylation is 2. The average molecular weight is 331 g/mol. The lowest BCUT2D eigenvalue weighted by molar-refractivity contribution is 0.582. The molecule has 3 N–H and O–H groups in total. The number of thiophene rings is 1. The summed E-state index contributed by atoms with van der Waals surface area (Å²) < 4.78 is 27.0. The molecule has 0 atom stereocenters. The van der Waals surface area contributed by atoms with Crippen molar-refractivity contribution in [3.05, 3.63) is 44.6 Å². The Morgan fingerprint density at radius 3 is 2.55 bits per heavy atom. The summed E-state index contributed by atoms with van der Waals surface area (Å²) in [6.07, 6.45) is 0. The van der Waals surface area contributed by atoms with Gasteiger partial charge in [-0.05, 0) is 43.7 Å². The summed E-state index contributed by atoms with van der Waals surface area (Å²) >= 11 is 7.50. The lowest BCUT2D eigenvalue weighted by atomic mass is 10.2. The zero-order chi connectivity index (χ0) is 14.9. The Hall–Kier alpha value is -1.08. The first-order valence-electron chi connectivity index (χ1n) is 5.90. The molecule has 108 valence electrons. The summed E-state index contributed by atoms with van der Waals surface area (Å²) in [5, 5.41) is 0.387. The van der Waals surface area contributed by atoms with Crippen molar-refractivity contribution in [2.75, 3.05) is 5.73 Å². The van der Waals surface area contributed by atoms with Gasteiger partial charge < -0.3 is 5.73 Å². The van der Waals surface area contributed by atoms with Crippen LogP contribution in [-0.4, -0.2) is 8.42 Å². The second-order valence-corrected chi connectivity index (χ2v) is 8.00. The number of anilines is 1. The maximum absolute atomic E-state index is 12.2. The first-order valence-corrected chi connectivity index (χ1v) is 8.58. The maximum atomic E-state index is 12.2. The molecule has 0 aliphatic rings. The van der Waals surface area contributed by atoms with Gasteiger partial charge in [-0.1, -0.05) is 11.6 Å². The summed E-state index contributed by atoms with van der Waals surface area (Å²) in [7, 11) is -3.59. The van der Waals surface area contributed by atoms with Crippen molar-refractivity contribution in [3.8, 4) is 0 Å². The molecule has 0 unspecified atom stereocenters. The van der Waals surface area contributed by atoms with Crippen molar-refractivity contribution < 1.29 is 8.42 Å². The molecule has 0 amide bonds. The van der Waals surface area contributed by atoms with E-state index in [2.05, 4.69) is 4.72 Å². The van der Waals surface area contributed by atoms with E-state index >= 15 is 0 Å². The van der Waals surface area contributed by atoms with Crippen LogP contribution in [0.3, 0.4) is 0 Å². The number of nitrogen functional groups attached to an aromatic ring is 1. The largest absolute Gasteiger partial charge is 0.397 e. The van der Waals surface area contributed by atoms with E-state index < -0.39 is 10.0 Å². The standard InChI is InChI=1S/C13H15ClN2O2S2/c1-8-5-11(6-12(15)13(8)14)20(17,18)16-7-10-4-3-9(2)19-10/h3-6,16H,7,15H2,1-2H3. The number of nitrogens with two attached hydrogens (primary N) is 1. The third kappa shape index (κ3) is 3.32. The Morgan fingerprint density at radius 2 is 2.00 bits per heavy atom. The van der Waals surface area contributed by atoms with Gasteiger partial charge in [-0.3, -0.25) is 0 Å². The van der Waals surface area contributed by atoms with Crippen LogP contribution in [0.5, 0.6) is 0 Å². The van der Waals surface area contributed by atoms with Gasteiger partial charge in [-0.15, -0.1) is 11.3 Å². The van der Waals surface area contributed by atoms with Gasteiger partial charge in [-0.2, -0.15) is 0 Å². The second kappa shape index (κ2) is 5.73. The van der Waals surface area contributed by atoms with E-state index in [9.17, 15) is 8.42 Å². The van der Waals surface area contributed by atoms with Crippen LogP contribution in [0.15, 0.2) is 29.2 Å². The second-order valence-electron chi connectivity index (χ2n) is 4.48. The summed E-state index contributed by atoms with van der Waals surface area (Å²) in [5.41, 5.74) is 6.61. The Balaban J connectivity index is 2.22. The topological polar surface area (TPSA) is 72.2 Å². The van der Waals surface area contributed by atoms with Crippen molar-refractivity contribution >= 4 is 38.6 Å².